The molecule has 3 aromatic heterocycles. The van der Waals surface area contributed by atoms with Crippen LogP contribution in [0.5, 0.6) is 0 Å². The molecular weight excluding hydrogens is 420 g/mol. The predicted octanol–water partition coefficient (Wildman–Crippen LogP) is 3.42. The number of nitrogens with zero attached hydrogens (tertiary/aromatic N) is 6. The SMILES string of the molecule is CCN1CC(N/C=C(\C=N)c2cnc3ccc(Sc4nnc5ccc(C)nn45)cc3c2)C1. The maximum atomic E-state index is 7.87. The van der Waals surface area contributed by atoms with Crippen molar-refractivity contribution in [3.8, 4) is 0 Å². The third-order valence-corrected chi connectivity index (χ3v) is 6.52. The molecule has 1 aliphatic rings. The van der Waals surface area contributed by atoms with Crippen molar-refractivity contribution in [2.24, 2.45) is 0 Å². The van der Waals surface area contributed by atoms with Crippen LogP contribution >= 0.6 is 11.8 Å². The number of rotatable bonds is 7. The number of likely N-dealkylation sites (N-methyl/N-ethyl adjacent to an activating group) is 1. The highest BCUT2D eigenvalue weighted by atomic mass is 32.2. The van der Waals surface area contributed by atoms with E-state index in [0.717, 1.165) is 63.1 Å². The summed E-state index contributed by atoms with van der Waals surface area (Å²) < 4.78 is 1.76. The van der Waals surface area contributed by atoms with Gasteiger partial charge in [-0.05, 0) is 61.6 Å². The molecule has 0 bridgehead atoms. The minimum Gasteiger partial charge on any atom is -0.385 e. The number of hydrogen-bond acceptors (Lipinski definition) is 8. The minimum atomic E-state index is 0.441. The zero-order valence-electron chi connectivity index (χ0n) is 18.0. The lowest BCUT2D eigenvalue weighted by Gasteiger charge is -2.38. The van der Waals surface area contributed by atoms with Gasteiger partial charge < -0.3 is 10.7 Å². The first-order valence-electron chi connectivity index (χ1n) is 10.6. The zero-order chi connectivity index (χ0) is 22.1. The van der Waals surface area contributed by atoms with Crippen LogP contribution < -0.4 is 5.32 Å². The van der Waals surface area contributed by atoms with Gasteiger partial charge in [-0.25, -0.2) is 0 Å². The average molecular weight is 445 g/mol. The normalized spacial score (nSPS) is 15.2. The largest absolute Gasteiger partial charge is 0.385 e. The van der Waals surface area contributed by atoms with Gasteiger partial charge in [-0.1, -0.05) is 6.92 Å². The summed E-state index contributed by atoms with van der Waals surface area (Å²) in [6.45, 7) is 7.28. The van der Waals surface area contributed by atoms with Crippen molar-refractivity contribution in [2.75, 3.05) is 19.6 Å². The Labute approximate surface area is 190 Å². The Kier molecular flexibility index (Phi) is 5.59. The molecule has 1 saturated heterocycles. The van der Waals surface area contributed by atoms with Crippen LogP contribution in [-0.4, -0.2) is 61.6 Å². The third kappa shape index (κ3) is 4.09. The van der Waals surface area contributed by atoms with Crippen LogP contribution in [0.2, 0.25) is 0 Å². The second kappa shape index (κ2) is 8.68. The van der Waals surface area contributed by atoms with Gasteiger partial charge in [-0.3, -0.25) is 9.88 Å². The van der Waals surface area contributed by atoms with Crippen molar-refractivity contribution in [1.29, 1.82) is 5.41 Å². The molecule has 0 spiro atoms. The zero-order valence-corrected chi connectivity index (χ0v) is 18.8. The minimum absolute atomic E-state index is 0.441. The molecule has 0 aliphatic carbocycles. The van der Waals surface area contributed by atoms with Crippen molar-refractivity contribution in [3.05, 3.63) is 60.1 Å². The lowest BCUT2D eigenvalue weighted by atomic mass is 10.1. The van der Waals surface area contributed by atoms with Crippen molar-refractivity contribution in [2.45, 2.75) is 29.9 Å². The van der Waals surface area contributed by atoms with Crippen LogP contribution in [0, 0.1) is 12.3 Å². The lowest BCUT2D eigenvalue weighted by molar-refractivity contribution is 0.144. The molecule has 0 unspecified atom stereocenters. The number of nitrogens with one attached hydrogen (secondary N) is 2. The Morgan fingerprint density at radius 1 is 1.22 bits per heavy atom. The second-order valence-corrected chi connectivity index (χ2v) is 8.91. The molecule has 4 heterocycles. The number of aryl methyl sites for hydroxylation is 1. The molecule has 2 N–H and O–H groups in total. The maximum Gasteiger partial charge on any atom is 0.217 e. The van der Waals surface area contributed by atoms with Crippen LogP contribution in [0.3, 0.4) is 0 Å². The standard InChI is InChI=1S/C23H24N8S/c1-3-30-13-19(14-30)25-12-18(10-24)17-8-16-9-20(5-6-21(16)26-11-17)32-23-28-27-22-7-4-15(2)29-31(22)23/h4-12,19,24-25H,3,13-14H2,1-2H3/b18-12+,24-10?. The van der Waals surface area contributed by atoms with E-state index < -0.39 is 0 Å². The van der Waals surface area contributed by atoms with E-state index in [-0.39, 0.29) is 0 Å². The molecule has 1 aromatic carbocycles. The molecule has 32 heavy (non-hydrogen) atoms. The number of allylic oxidation sites excluding steroid dienone is 1. The highest BCUT2D eigenvalue weighted by Gasteiger charge is 2.23. The fourth-order valence-corrected chi connectivity index (χ4v) is 4.55. The number of hydrogen-bond donors (Lipinski definition) is 2. The molecule has 5 rings (SSSR count). The van der Waals surface area contributed by atoms with Crippen LogP contribution in [0.25, 0.3) is 22.1 Å². The van der Waals surface area contributed by atoms with Crippen LogP contribution in [-0.2, 0) is 0 Å². The summed E-state index contributed by atoms with van der Waals surface area (Å²) in [6.07, 6.45) is 5.13. The summed E-state index contributed by atoms with van der Waals surface area (Å²) in [7, 11) is 0. The van der Waals surface area contributed by atoms with Crippen molar-refractivity contribution in [3.63, 3.8) is 0 Å². The number of aromatic nitrogens is 5. The van der Waals surface area contributed by atoms with Crippen LogP contribution in [0.4, 0.5) is 0 Å². The van der Waals surface area contributed by atoms with E-state index in [1.165, 1.54) is 18.0 Å². The highest BCUT2D eigenvalue weighted by Crippen LogP contribution is 2.29. The van der Waals surface area contributed by atoms with E-state index >= 15 is 0 Å². The van der Waals surface area contributed by atoms with Gasteiger partial charge in [0, 0.05) is 53.1 Å². The fraction of sp³-hybridized carbons (Fsp3) is 0.261. The van der Waals surface area contributed by atoms with E-state index in [1.54, 1.807) is 4.52 Å². The summed E-state index contributed by atoms with van der Waals surface area (Å²) in [5, 5.41) is 26.0. The first-order chi connectivity index (χ1) is 15.6. The van der Waals surface area contributed by atoms with E-state index in [4.69, 9.17) is 5.41 Å². The predicted molar refractivity (Wildman–Crippen MR) is 127 cm³/mol. The summed E-state index contributed by atoms with van der Waals surface area (Å²) >= 11 is 1.52. The number of likely N-dealkylation sites (tertiary alicyclic amines) is 1. The van der Waals surface area contributed by atoms with E-state index in [9.17, 15) is 0 Å². The van der Waals surface area contributed by atoms with Gasteiger partial charge in [0.05, 0.1) is 17.3 Å². The fourth-order valence-electron chi connectivity index (χ4n) is 3.71. The van der Waals surface area contributed by atoms with E-state index in [0.29, 0.717) is 6.04 Å². The Morgan fingerprint density at radius 3 is 2.91 bits per heavy atom. The van der Waals surface area contributed by atoms with Crippen molar-refractivity contribution in [1.82, 2.24) is 35.0 Å². The summed E-state index contributed by atoms with van der Waals surface area (Å²) in [4.78, 5) is 8.01. The molecule has 0 radical (unpaired) electrons. The molecule has 0 atom stereocenters. The van der Waals surface area contributed by atoms with Gasteiger partial charge in [0.15, 0.2) is 5.65 Å². The molecule has 0 amide bonds. The van der Waals surface area contributed by atoms with Crippen LogP contribution in [0.1, 0.15) is 18.2 Å². The first kappa shape index (κ1) is 20.6. The Hall–Kier alpha value is -3.30. The Balaban J connectivity index is 1.39. The number of fused-ring (bicyclic) bond motifs is 2. The molecule has 1 aliphatic heterocycles. The topological polar surface area (TPSA) is 95.1 Å². The summed E-state index contributed by atoms with van der Waals surface area (Å²) in [5.74, 6) is 0. The van der Waals surface area contributed by atoms with Gasteiger partial charge in [0.1, 0.15) is 0 Å². The molecule has 8 nitrogen and oxygen atoms in total. The summed E-state index contributed by atoms with van der Waals surface area (Å²) in [5.41, 5.74) is 4.28. The van der Waals surface area contributed by atoms with Gasteiger partial charge in [0.2, 0.25) is 5.16 Å². The third-order valence-electron chi connectivity index (χ3n) is 5.60. The average Bonchev–Trinajstić information content (AvgIpc) is 3.16. The molecular formula is C23H24N8S. The van der Waals surface area contributed by atoms with Crippen LogP contribution in [0.15, 0.2) is 58.8 Å². The van der Waals surface area contributed by atoms with Crippen molar-refractivity contribution >= 4 is 40.1 Å². The quantitative estimate of drug-likeness (QED) is 0.422. The van der Waals surface area contributed by atoms with Gasteiger partial charge in [-0.15, -0.1) is 10.2 Å². The number of pyridine rings is 1. The first-order valence-corrected chi connectivity index (χ1v) is 11.4. The second-order valence-electron chi connectivity index (χ2n) is 7.87. The smallest absolute Gasteiger partial charge is 0.217 e. The monoisotopic (exact) mass is 444 g/mol. The van der Waals surface area contributed by atoms with Crippen molar-refractivity contribution < 1.29 is 0 Å². The van der Waals surface area contributed by atoms with Gasteiger partial charge in [0.25, 0.3) is 0 Å². The lowest BCUT2D eigenvalue weighted by Crippen LogP contribution is -2.56. The molecule has 4 aromatic rings. The molecule has 1 fully saturated rings. The van der Waals surface area contributed by atoms with Gasteiger partial charge in [-0.2, -0.15) is 9.61 Å². The Bertz CT molecular complexity index is 1320. The molecule has 9 heteroatoms. The summed E-state index contributed by atoms with van der Waals surface area (Å²) in [6, 6.07) is 12.5. The van der Waals surface area contributed by atoms with E-state index in [1.807, 2.05) is 43.6 Å². The number of benzene rings is 1. The van der Waals surface area contributed by atoms with E-state index in [2.05, 4.69) is 49.6 Å². The highest BCUT2D eigenvalue weighted by molar-refractivity contribution is 7.99. The maximum absolute atomic E-state index is 7.87. The van der Waals surface area contributed by atoms with Gasteiger partial charge >= 0.3 is 0 Å². The molecule has 162 valence electrons. The molecule has 0 saturated carbocycles. The Morgan fingerprint density at radius 2 is 2.09 bits per heavy atom.